The van der Waals surface area contributed by atoms with E-state index >= 15 is 0 Å². The molecule has 0 aromatic rings. The van der Waals surface area contributed by atoms with Gasteiger partial charge in [0.25, 0.3) is 0 Å². The van der Waals surface area contributed by atoms with Crippen LogP contribution < -0.4 is 5.32 Å². The van der Waals surface area contributed by atoms with Gasteiger partial charge in [0.05, 0.1) is 0 Å². The smallest absolute Gasteiger partial charge is 0.225 e. The number of carbonyl (C=O) groups is 1. The van der Waals surface area contributed by atoms with Crippen LogP contribution in [0.2, 0.25) is 0 Å². The predicted octanol–water partition coefficient (Wildman–Crippen LogP) is 3.58. The van der Waals surface area contributed by atoms with Crippen LogP contribution in [-0.4, -0.2) is 36.5 Å². The Kier molecular flexibility index (Phi) is 8.20. The molecule has 0 heterocycles. The molecule has 0 aliphatic heterocycles. The van der Waals surface area contributed by atoms with E-state index in [4.69, 9.17) is 0 Å². The molecule has 118 valence electrons. The van der Waals surface area contributed by atoms with Gasteiger partial charge in [-0.25, -0.2) is 0 Å². The number of amides is 1. The van der Waals surface area contributed by atoms with Gasteiger partial charge in [0.2, 0.25) is 5.91 Å². The fourth-order valence-electron chi connectivity index (χ4n) is 3.51. The second-order valence-electron chi connectivity index (χ2n) is 6.29. The SMILES string of the molecule is CCCC(CCC)C(=O)N(C)C1CCC(NCC)CC1. The number of nitrogens with zero attached hydrogens (tertiary/aromatic N) is 1. The summed E-state index contributed by atoms with van der Waals surface area (Å²) in [7, 11) is 2.03. The second-order valence-corrected chi connectivity index (χ2v) is 6.29. The van der Waals surface area contributed by atoms with Gasteiger partial charge >= 0.3 is 0 Å². The monoisotopic (exact) mass is 282 g/mol. The highest BCUT2D eigenvalue weighted by Gasteiger charge is 2.29. The largest absolute Gasteiger partial charge is 0.343 e. The Balaban J connectivity index is 2.47. The number of hydrogen-bond donors (Lipinski definition) is 1. The summed E-state index contributed by atoms with van der Waals surface area (Å²) in [4.78, 5) is 14.7. The third-order valence-electron chi connectivity index (χ3n) is 4.71. The molecule has 0 spiro atoms. The minimum Gasteiger partial charge on any atom is -0.343 e. The molecule has 0 saturated heterocycles. The molecule has 1 aliphatic carbocycles. The maximum Gasteiger partial charge on any atom is 0.225 e. The van der Waals surface area contributed by atoms with Crippen molar-refractivity contribution in [2.75, 3.05) is 13.6 Å². The van der Waals surface area contributed by atoms with E-state index in [1.54, 1.807) is 0 Å². The van der Waals surface area contributed by atoms with E-state index in [1.807, 2.05) is 7.05 Å². The van der Waals surface area contributed by atoms with E-state index in [-0.39, 0.29) is 5.92 Å². The van der Waals surface area contributed by atoms with Crippen LogP contribution in [0.3, 0.4) is 0 Å². The van der Waals surface area contributed by atoms with Gasteiger partial charge in [-0.15, -0.1) is 0 Å². The molecule has 0 radical (unpaired) electrons. The van der Waals surface area contributed by atoms with Gasteiger partial charge in [0.1, 0.15) is 0 Å². The van der Waals surface area contributed by atoms with Crippen molar-refractivity contribution in [3.05, 3.63) is 0 Å². The summed E-state index contributed by atoms with van der Waals surface area (Å²) < 4.78 is 0. The summed E-state index contributed by atoms with van der Waals surface area (Å²) in [6.07, 6.45) is 9.04. The molecule has 0 aromatic heterocycles. The minimum atomic E-state index is 0.251. The Morgan fingerprint density at radius 3 is 2.10 bits per heavy atom. The van der Waals surface area contributed by atoms with Crippen LogP contribution in [0.15, 0.2) is 0 Å². The zero-order chi connectivity index (χ0) is 15.0. The summed E-state index contributed by atoms with van der Waals surface area (Å²) in [5, 5.41) is 3.53. The number of nitrogens with one attached hydrogen (secondary N) is 1. The Morgan fingerprint density at radius 1 is 1.10 bits per heavy atom. The number of hydrogen-bond acceptors (Lipinski definition) is 2. The summed E-state index contributed by atoms with van der Waals surface area (Å²) in [5.41, 5.74) is 0. The first-order valence-electron chi connectivity index (χ1n) is 8.63. The summed E-state index contributed by atoms with van der Waals surface area (Å²) >= 11 is 0. The van der Waals surface area contributed by atoms with Crippen LogP contribution in [0.1, 0.15) is 72.1 Å². The van der Waals surface area contributed by atoms with Crippen LogP contribution in [-0.2, 0) is 4.79 Å². The van der Waals surface area contributed by atoms with E-state index in [9.17, 15) is 4.79 Å². The van der Waals surface area contributed by atoms with Crippen molar-refractivity contribution in [3.8, 4) is 0 Å². The molecule has 0 atom stereocenters. The average molecular weight is 282 g/mol. The molecule has 3 heteroatoms. The van der Waals surface area contributed by atoms with Gasteiger partial charge < -0.3 is 10.2 Å². The maximum atomic E-state index is 12.6. The summed E-state index contributed by atoms with van der Waals surface area (Å²) in [6, 6.07) is 1.13. The molecule has 1 rings (SSSR count). The Hall–Kier alpha value is -0.570. The highest BCUT2D eigenvalue weighted by Crippen LogP contribution is 2.25. The van der Waals surface area contributed by atoms with Crippen molar-refractivity contribution < 1.29 is 4.79 Å². The van der Waals surface area contributed by atoms with E-state index in [0.717, 1.165) is 45.1 Å². The van der Waals surface area contributed by atoms with Crippen molar-refractivity contribution in [1.82, 2.24) is 10.2 Å². The molecule has 1 saturated carbocycles. The van der Waals surface area contributed by atoms with Gasteiger partial charge in [-0.3, -0.25) is 4.79 Å². The first kappa shape index (κ1) is 17.5. The fourth-order valence-corrected chi connectivity index (χ4v) is 3.51. The average Bonchev–Trinajstić information content (AvgIpc) is 2.47. The molecule has 20 heavy (non-hydrogen) atoms. The fraction of sp³-hybridized carbons (Fsp3) is 0.941. The summed E-state index contributed by atoms with van der Waals surface area (Å²) in [5.74, 6) is 0.641. The zero-order valence-corrected chi connectivity index (χ0v) is 14.0. The molecule has 0 unspecified atom stereocenters. The topological polar surface area (TPSA) is 32.3 Å². The third-order valence-corrected chi connectivity index (χ3v) is 4.71. The van der Waals surface area contributed by atoms with Gasteiger partial charge in [0, 0.05) is 25.0 Å². The van der Waals surface area contributed by atoms with E-state index in [2.05, 4.69) is 31.0 Å². The number of rotatable bonds is 8. The standard InChI is InChI=1S/C17H34N2O/c1-5-8-14(9-6-2)17(20)19(4)16-12-10-15(11-13-16)18-7-3/h14-16,18H,5-13H2,1-4H3. The highest BCUT2D eigenvalue weighted by atomic mass is 16.2. The molecule has 1 fully saturated rings. The van der Waals surface area contributed by atoms with Crippen molar-refractivity contribution in [1.29, 1.82) is 0 Å². The van der Waals surface area contributed by atoms with Gasteiger partial charge in [0.15, 0.2) is 0 Å². The molecule has 1 aliphatic rings. The van der Waals surface area contributed by atoms with Crippen LogP contribution in [0.25, 0.3) is 0 Å². The highest BCUT2D eigenvalue weighted by molar-refractivity contribution is 5.78. The normalized spacial score (nSPS) is 23.1. The van der Waals surface area contributed by atoms with Gasteiger partial charge in [-0.1, -0.05) is 33.6 Å². The van der Waals surface area contributed by atoms with Crippen LogP contribution in [0.4, 0.5) is 0 Å². The minimum absolute atomic E-state index is 0.251. The van der Waals surface area contributed by atoms with E-state index in [1.165, 1.54) is 12.8 Å². The Bertz CT molecular complexity index is 266. The predicted molar refractivity (Wildman–Crippen MR) is 85.8 cm³/mol. The van der Waals surface area contributed by atoms with E-state index < -0.39 is 0 Å². The molecule has 1 amide bonds. The molecular formula is C17H34N2O. The first-order valence-corrected chi connectivity index (χ1v) is 8.63. The Labute approximate surface area is 125 Å². The maximum absolute atomic E-state index is 12.6. The third kappa shape index (κ3) is 5.08. The van der Waals surface area contributed by atoms with Crippen LogP contribution in [0.5, 0.6) is 0 Å². The Morgan fingerprint density at radius 2 is 1.65 bits per heavy atom. The van der Waals surface area contributed by atoms with Crippen molar-refractivity contribution in [2.45, 2.75) is 84.2 Å². The summed E-state index contributed by atoms with van der Waals surface area (Å²) in [6.45, 7) is 7.58. The number of carbonyl (C=O) groups excluding carboxylic acids is 1. The molecular weight excluding hydrogens is 248 g/mol. The lowest BCUT2D eigenvalue weighted by Gasteiger charge is -2.36. The molecule has 0 aromatic carbocycles. The van der Waals surface area contributed by atoms with Crippen LogP contribution in [0, 0.1) is 5.92 Å². The quantitative estimate of drug-likeness (QED) is 0.738. The van der Waals surface area contributed by atoms with Crippen molar-refractivity contribution >= 4 is 5.91 Å². The van der Waals surface area contributed by atoms with Crippen molar-refractivity contribution in [3.63, 3.8) is 0 Å². The van der Waals surface area contributed by atoms with Crippen LogP contribution >= 0.6 is 0 Å². The zero-order valence-electron chi connectivity index (χ0n) is 14.0. The lowest BCUT2D eigenvalue weighted by Crippen LogP contribution is -2.45. The van der Waals surface area contributed by atoms with Gasteiger partial charge in [-0.2, -0.15) is 0 Å². The molecule has 1 N–H and O–H groups in total. The van der Waals surface area contributed by atoms with E-state index in [0.29, 0.717) is 18.0 Å². The molecule has 0 bridgehead atoms. The first-order chi connectivity index (χ1) is 9.63. The van der Waals surface area contributed by atoms with Gasteiger partial charge in [-0.05, 0) is 45.1 Å². The molecule has 3 nitrogen and oxygen atoms in total. The lowest BCUT2D eigenvalue weighted by molar-refractivity contribution is -0.137. The second kappa shape index (κ2) is 9.38. The lowest BCUT2D eigenvalue weighted by atomic mass is 9.89. The van der Waals surface area contributed by atoms with Crippen molar-refractivity contribution in [2.24, 2.45) is 5.92 Å².